The van der Waals surface area contributed by atoms with E-state index < -0.39 is 0 Å². The van der Waals surface area contributed by atoms with Crippen molar-refractivity contribution in [3.8, 4) is 5.75 Å². The van der Waals surface area contributed by atoms with Crippen molar-refractivity contribution in [2.24, 2.45) is 0 Å². The molecule has 1 aromatic rings. The van der Waals surface area contributed by atoms with Gasteiger partial charge in [-0.2, -0.15) is 0 Å². The van der Waals surface area contributed by atoms with Crippen molar-refractivity contribution >= 4 is 17.3 Å². The van der Waals surface area contributed by atoms with Gasteiger partial charge in [0, 0.05) is 11.3 Å². The van der Waals surface area contributed by atoms with E-state index in [-0.39, 0.29) is 0 Å². The second kappa shape index (κ2) is 3.23. The topological polar surface area (TPSA) is 35.2 Å². The fraction of sp³-hybridized carbons (Fsp3) is 0.333. The van der Waals surface area contributed by atoms with Crippen LogP contribution in [0.3, 0.4) is 0 Å². The summed E-state index contributed by atoms with van der Waals surface area (Å²) in [7, 11) is 1.59. The maximum atomic E-state index is 5.99. The van der Waals surface area contributed by atoms with Crippen molar-refractivity contribution in [3.05, 3.63) is 22.2 Å². The van der Waals surface area contributed by atoms with Gasteiger partial charge in [0.1, 0.15) is 5.75 Å². The van der Waals surface area contributed by atoms with E-state index >= 15 is 0 Å². The van der Waals surface area contributed by atoms with E-state index in [1.807, 2.05) is 19.9 Å². The normalized spacial score (nSPS) is 10.0. The smallest absolute Gasteiger partial charge is 0.142 e. The van der Waals surface area contributed by atoms with Crippen molar-refractivity contribution in [2.45, 2.75) is 13.8 Å². The number of anilines is 1. The van der Waals surface area contributed by atoms with Gasteiger partial charge >= 0.3 is 0 Å². The highest BCUT2D eigenvalue weighted by atomic mass is 35.5. The van der Waals surface area contributed by atoms with E-state index in [1.54, 1.807) is 7.11 Å². The Balaban J connectivity index is 3.42. The first-order valence-electron chi connectivity index (χ1n) is 3.67. The zero-order valence-corrected chi connectivity index (χ0v) is 8.20. The summed E-state index contributed by atoms with van der Waals surface area (Å²) < 4.78 is 5.13. The monoisotopic (exact) mass is 185 g/mol. The van der Waals surface area contributed by atoms with Crippen LogP contribution in [0.15, 0.2) is 6.07 Å². The molecular weight excluding hydrogens is 174 g/mol. The lowest BCUT2D eigenvalue weighted by molar-refractivity contribution is 0.412. The fourth-order valence-corrected chi connectivity index (χ4v) is 1.40. The molecule has 0 fully saturated rings. The quantitative estimate of drug-likeness (QED) is 0.683. The highest BCUT2D eigenvalue weighted by Crippen LogP contribution is 2.34. The van der Waals surface area contributed by atoms with Crippen molar-refractivity contribution < 1.29 is 4.74 Å². The molecule has 0 aromatic heterocycles. The van der Waals surface area contributed by atoms with Crippen LogP contribution in [0.25, 0.3) is 0 Å². The Morgan fingerprint density at radius 1 is 1.42 bits per heavy atom. The van der Waals surface area contributed by atoms with Gasteiger partial charge < -0.3 is 10.5 Å². The van der Waals surface area contributed by atoms with Crippen LogP contribution in [0.2, 0.25) is 5.02 Å². The summed E-state index contributed by atoms with van der Waals surface area (Å²) in [5.41, 5.74) is 8.28. The third kappa shape index (κ3) is 1.34. The number of aryl methyl sites for hydroxylation is 1. The Hall–Kier alpha value is -0.890. The third-order valence-electron chi connectivity index (χ3n) is 1.90. The molecule has 0 saturated heterocycles. The fourth-order valence-electron chi connectivity index (χ4n) is 1.12. The Kier molecular flexibility index (Phi) is 2.48. The average molecular weight is 186 g/mol. The number of halogens is 1. The van der Waals surface area contributed by atoms with Gasteiger partial charge in [-0.05, 0) is 25.5 Å². The van der Waals surface area contributed by atoms with Crippen molar-refractivity contribution in [1.82, 2.24) is 0 Å². The molecule has 3 heteroatoms. The number of methoxy groups -OCH3 is 1. The summed E-state index contributed by atoms with van der Waals surface area (Å²) in [6.45, 7) is 3.79. The van der Waals surface area contributed by atoms with Gasteiger partial charge in [-0.1, -0.05) is 11.6 Å². The molecule has 2 nitrogen and oxygen atoms in total. The molecular formula is C9H12ClNO. The lowest BCUT2D eigenvalue weighted by Gasteiger charge is -2.11. The zero-order chi connectivity index (χ0) is 9.30. The van der Waals surface area contributed by atoms with Crippen LogP contribution in [-0.2, 0) is 0 Å². The molecule has 2 N–H and O–H groups in total. The summed E-state index contributed by atoms with van der Waals surface area (Å²) in [5, 5.41) is 0.643. The molecule has 0 bridgehead atoms. The number of hydrogen-bond acceptors (Lipinski definition) is 2. The van der Waals surface area contributed by atoms with Crippen LogP contribution in [-0.4, -0.2) is 7.11 Å². The summed E-state index contributed by atoms with van der Waals surface area (Å²) in [6.07, 6.45) is 0. The van der Waals surface area contributed by atoms with E-state index in [0.717, 1.165) is 11.1 Å². The molecule has 0 aliphatic heterocycles. The van der Waals surface area contributed by atoms with E-state index in [4.69, 9.17) is 22.1 Å². The van der Waals surface area contributed by atoms with Crippen LogP contribution < -0.4 is 10.5 Å². The maximum absolute atomic E-state index is 5.99. The molecule has 0 aliphatic rings. The van der Waals surface area contributed by atoms with Gasteiger partial charge in [0.25, 0.3) is 0 Å². The average Bonchev–Trinajstić information content (AvgIpc) is 2.02. The van der Waals surface area contributed by atoms with E-state index in [2.05, 4.69) is 0 Å². The van der Waals surface area contributed by atoms with Gasteiger partial charge in [-0.25, -0.2) is 0 Å². The molecule has 0 spiro atoms. The second-order valence-electron chi connectivity index (χ2n) is 2.75. The van der Waals surface area contributed by atoms with E-state index in [1.165, 1.54) is 0 Å². The molecule has 0 radical (unpaired) electrons. The molecule has 0 saturated carbocycles. The Morgan fingerprint density at radius 3 is 2.50 bits per heavy atom. The third-order valence-corrected chi connectivity index (χ3v) is 2.37. The lowest BCUT2D eigenvalue weighted by atomic mass is 10.1. The molecule has 0 atom stereocenters. The second-order valence-corrected chi connectivity index (χ2v) is 3.13. The predicted molar refractivity (Wildman–Crippen MR) is 51.9 cm³/mol. The van der Waals surface area contributed by atoms with E-state index in [9.17, 15) is 0 Å². The summed E-state index contributed by atoms with van der Waals surface area (Å²) in [4.78, 5) is 0. The SMILES string of the molecule is COc1c(C)c(N)cc(C)c1Cl. The molecule has 0 unspecified atom stereocenters. The Bertz CT molecular complexity index is 284. The number of nitrogens with two attached hydrogens (primary N) is 1. The molecule has 0 heterocycles. The van der Waals surface area contributed by atoms with Crippen molar-refractivity contribution in [2.75, 3.05) is 12.8 Å². The van der Waals surface area contributed by atoms with Crippen LogP contribution in [0.5, 0.6) is 5.75 Å². The number of hydrogen-bond donors (Lipinski definition) is 1. The Labute approximate surface area is 77.3 Å². The van der Waals surface area contributed by atoms with Crippen LogP contribution in [0, 0.1) is 13.8 Å². The predicted octanol–water partition coefficient (Wildman–Crippen LogP) is 2.55. The minimum absolute atomic E-state index is 0.643. The first-order chi connectivity index (χ1) is 5.57. The molecule has 1 rings (SSSR count). The van der Waals surface area contributed by atoms with Gasteiger partial charge in [-0.15, -0.1) is 0 Å². The summed E-state index contributed by atoms with van der Waals surface area (Å²) in [6, 6.07) is 1.85. The number of benzene rings is 1. The lowest BCUT2D eigenvalue weighted by Crippen LogP contribution is -1.96. The van der Waals surface area contributed by atoms with Crippen LogP contribution in [0.4, 0.5) is 5.69 Å². The highest BCUT2D eigenvalue weighted by molar-refractivity contribution is 6.33. The van der Waals surface area contributed by atoms with Crippen LogP contribution >= 0.6 is 11.6 Å². The summed E-state index contributed by atoms with van der Waals surface area (Å²) in [5.74, 6) is 0.675. The van der Waals surface area contributed by atoms with Crippen molar-refractivity contribution in [1.29, 1.82) is 0 Å². The number of nitrogen functional groups attached to an aromatic ring is 1. The molecule has 66 valence electrons. The molecule has 1 aromatic carbocycles. The first kappa shape index (κ1) is 9.20. The zero-order valence-electron chi connectivity index (χ0n) is 7.44. The number of ether oxygens (including phenoxy) is 1. The number of rotatable bonds is 1. The van der Waals surface area contributed by atoms with E-state index in [0.29, 0.717) is 16.5 Å². The minimum Gasteiger partial charge on any atom is -0.495 e. The summed E-state index contributed by atoms with van der Waals surface area (Å²) >= 11 is 5.99. The van der Waals surface area contributed by atoms with Gasteiger partial charge in [0.05, 0.1) is 12.1 Å². The van der Waals surface area contributed by atoms with Gasteiger partial charge in [0.15, 0.2) is 0 Å². The minimum atomic E-state index is 0.643. The molecule has 12 heavy (non-hydrogen) atoms. The largest absolute Gasteiger partial charge is 0.495 e. The van der Waals surface area contributed by atoms with Gasteiger partial charge in [0.2, 0.25) is 0 Å². The highest BCUT2D eigenvalue weighted by Gasteiger charge is 2.09. The maximum Gasteiger partial charge on any atom is 0.142 e. The Morgan fingerprint density at radius 2 is 2.00 bits per heavy atom. The van der Waals surface area contributed by atoms with Crippen molar-refractivity contribution in [3.63, 3.8) is 0 Å². The molecule has 0 aliphatic carbocycles. The first-order valence-corrected chi connectivity index (χ1v) is 4.05. The van der Waals surface area contributed by atoms with Gasteiger partial charge in [-0.3, -0.25) is 0 Å². The van der Waals surface area contributed by atoms with Crippen LogP contribution in [0.1, 0.15) is 11.1 Å². The standard InChI is InChI=1S/C9H12ClNO/c1-5-4-7(11)6(2)9(12-3)8(5)10/h4H,11H2,1-3H3. The molecule has 0 amide bonds.